The molecule has 0 unspecified atom stereocenters. The number of carbonyl (C=O) groups excluding carboxylic acids is 1. The molecule has 0 atom stereocenters. The predicted molar refractivity (Wildman–Crippen MR) is 87.8 cm³/mol. The highest BCUT2D eigenvalue weighted by molar-refractivity contribution is 7.89. The first-order valence-electron chi connectivity index (χ1n) is 7.92. The van der Waals surface area contributed by atoms with Crippen molar-refractivity contribution < 1.29 is 17.9 Å². The van der Waals surface area contributed by atoms with Crippen LogP contribution in [0.15, 0.2) is 29.2 Å². The molecule has 2 rings (SSSR count). The summed E-state index contributed by atoms with van der Waals surface area (Å²) in [6.07, 6.45) is 1.84. The molecular weight excluding hydrogens is 316 g/mol. The van der Waals surface area contributed by atoms with Gasteiger partial charge in [-0.15, -0.1) is 0 Å². The summed E-state index contributed by atoms with van der Waals surface area (Å²) in [4.78, 5) is 11.7. The van der Waals surface area contributed by atoms with Crippen LogP contribution in [0.3, 0.4) is 0 Å². The van der Waals surface area contributed by atoms with Gasteiger partial charge in [-0.2, -0.15) is 4.31 Å². The number of hydrogen-bond acceptors (Lipinski definition) is 4. The third-order valence-electron chi connectivity index (χ3n) is 3.72. The van der Waals surface area contributed by atoms with E-state index in [2.05, 4.69) is 5.32 Å². The summed E-state index contributed by atoms with van der Waals surface area (Å²) < 4.78 is 31.8. The van der Waals surface area contributed by atoms with Gasteiger partial charge in [0, 0.05) is 19.0 Å². The molecule has 0 bridgehead atoms. The minimum absolute atomic E-state index is 0.0133. The lowest BCUT2D eigenvalue weighted by Gasteiger charge is -2.15. The number of amides is 1. The van der Waals surface area contributed by atoms with Crippen molar-refractivity contribution in [3.63, 3.8) is 0 Å². The van der Waals surface area contributed by atoms with Gasteiger partial charge >= 0.3 is 0 Å². The van der Waals surface area contributed by atoms with Crippen LogP contribution in [0.2, 0.25) is 0 Å². The molecule has 7 heteroatoms. The summed E-state index contributed by atoms with van der Waals surface area (Å²) in [7, 11) is -3.38. The monoisotopic (exact) mass is 340 g/mol. The standard InChI is InChI=1S/C16H24N2O4S/c1-13(2)16(19)17-9-12-22-14-5-7-15(8-6-14)23(20,21)18-10-3-4-11-18/h5-8,13H,3-4,9-12H2,1-2H3,(H,17,19). The summed E-state index contributed by atoms with van der Waals surface area (Å²) in [5.41, 5.74) is 0. The Kier molecular flexibility index (Phi) is 6.01. The molecule has 1 fully saturated rings. The van der Waals surface area contributed by atoms with Crippen molar-refractivity contribution in [2.24, 2.45) is 5.92 Å². The van der Waals surface area contributed by atoms with E-state index in [4.69, 9.17) is 4.74 Å². The van der Waals surface area contributed by atoms with Gasteiger partial charge in [0.25, 0.3) is 0 Å². The highest BCUT2D eigenvalue weighted by atomic mass is 32.2. The maximum Gasteiger partial charge on any atom is 0.243 e. The van der Waals surface area contributed by atoms with Gasteiger partial charge < -0.3 is 10.1 Å². The number of hydrogen-bond donors (Lipinski definition) is 1. The minimum Gasteiger partial charge on any atom is -0.492 e. The summed E-state index contributed by atoms with van der Waals surface area (Å²) in [5.74, 6) is 0.523. The van der Waals surface area contributed by atoms with E-state index in [1.807, 2.05) is 13.8 Å². The quantitative estimate of drug-likeness (QED) is 0.766. The van der Waals surface area contributed by atoms with Gasteiger partial charge in [0.1, 0.15) is 12.4 Å². The van der Waals surface area contributed by atoms with Crippen molar-refractivity contribution in [3.8, 4) is 5.75 Å². The molecule has 0 spiro atoms. The molecule has 1 heterocycles. The van der Waals surface area contributed by atoms with Crippen LogP contribution in [-0.2, 0) is 14.8 Å². The van der Waals surface area contributed by atoms with E-state index in [0.717, 1.165) is 12.8 Å². The second kappa shape index (κ2) is 7.79. The molecule has 128 valence electrons. The SMILES string of the molecule is CC(C)C(=O)NCCOc1ccc(S(=O)(=O)N2CCCC2)cc1. The second-order valence-electron chi connectivity index (χ2n) is 5.88. The minimum atomic E-state index is -3.38. The Hall–Kier alpha value is -1.60. The van der Waals surface area contributed by atoms with E-state index in [0.29, 0.717) is 36.9 Å². The lowest BCUT2D eigenvalue weighted by Crippen LogP contribution is -2.31. The van der Waals surface area contributed by atoms with Crippen LogP contribution in [0.25, 0.3) is 0 Å². The van der Waals surface area contributed by atoms with Crippen molar-refractivity contribution in [1.82, 2.24) is 9.62 Å². The Morgan fingerprint density at radius 3 is 2.39 bits per heavy atom. The maximum atomic E-state index is 12.4. The molecule has 1 aliphatic heterocycles. The lowest BCUT2D eigenvalue weighted by atomic mass is 10.2. The molecule has 1 aromatic rings. The summed E-state index contributed by atoms with van der Waals surface area (Å²) in [5, 5.41) is 2.76. The van der Waals surface area contributed by atoms with Gasteiger partial charge in [0.05, 0.1) is 11.4 Å². The number of carbonyl (C=O) groups is 1. The number of sulfonamides is 1. The zero-order valence-corrected chi connectivity index (χ0v) is 14.4. The van der Waals surface area contributed by atoms with Gasteiger partial charge in [-0.3, -0.25) is 4.79 Å². The molecule has 0 aromatic heterocycles. The van der Waals surface area contributed by atoms with E-state index in [1.54, 1.807) is 24.3 Å². The van der Waals surface area contributed by atoms with Crippen molar-refractivity contribution in [1.29, 1.82) is 0 Å². The van der Waals surface area contributed by atoms with Crippen LogP contribution in [-0.4, -0.2) is 44.9 Å². The lowest BCUT2D eigenvalue weighted by molar-refractivity contribution is -0.124. The molecule has 0 saturated carbocycles. The van der Waals surface area contributed by atoms with Crippen molar-refractivity contribution >= 4 is 15.9 Å². The van der Waals surface area contributed by atoms with Gasteiger partial charge in [0.15, 0.2) is 0 Å². The number of nitrogens with zero attached hydrogens (tertiary/aromatic N) is 1. The fraction of sp³-hybridized carbons (Fsp3) is 0.562. The normalized spacial score (nSPS) is 15.8. The maximum absolute atomic E-state index is 12.4. The molecule has 1 aliphatic rings. The highest BCUT2D eigenvalue weighted by Crippen LogP contribution is 2.22. The van der Waals surface area contributed by atoms with Gasteiger partial charge in [-0.1, -0.05) is 13.8 Å². The summed E-state index contributed by atoms with van der Waals surface area (Å²) >= 11 is 0. The van der Waals surface area contributed by atoms with E-state index < -0.39 is 10.0 Å². The Balaban J connectivity index is 1.86. The van der Waals surface area contributed by atoms with Gasteiger partial charge in [-0.25, -0.2) is 8.42 Å². The topological polar surface area (TPSA) is 75.7 Å². The molecule has 6 nitrogen and oxygen atoms in total. The van der Waals surface area contributed by atoms with E-state index in [1.165, 1.54) is 4.31 Å². The highest BCUT2D eigenvalue weighted by Gasteiger charge is 2.26. The Bertz CT molecular complexity index is 620. The fourth-order valence-electron chi connectivity index (χ4n) is 2.33. The number of rotatable bonds is 7. The first-order valence-corrected chi connectivity index (χ1v) is 9.36. The third kappa shape index (κ3) is 4.68. The largest absolute Gasteiger partial charge is 0.492 e. The molecule has 0 radical (unpaired) electrons. The molecule has 1 aromatic carbocycles. The zero-order valence-electron chi connectivity index (χ0n) is 13.6. The Morgan fingerprint density at radius 2 is 1.83 bits per heavy atom. The second-order valence-corrected chi connectivity index (χ2v) is 7.81. The predicted octanol–water partition coefficient (Wildman–Crippen LogP) is 1.62. The fourth-order valence-corrected chi connectivity index (χ4v) is 3.85. The molecule has 1 saturated heterocycles. The van der Waals surface area contributed by atoms with Crippen molar-refractivity contribution in [3.05, 3.63) is 24.3 Å². The summed E-state index contributed by atoms with van der Waals surface area (Å²) in [6.45, 7) is 5.61. The Labute approximate surface area is 137 Å². The average molecular weight is 340 g/mol. The third-order valence-corrected chi connectivity index (χ3v) is 5.63. The van der Waals surface area contributed by atoms with E-state index in [-0.39, 0.29) is 11.8 Å². The Morgan fingerprint density at radius 1 is 1.22 bits per heavy atom. The van der Waals surface area contributed by atoms with E-state index in [9.17, 15) is 13.2 Å². The molecule has 0 aliphatic carbocycles. The molecule has 23 heavy (non-hydrogen) atoms. The van der Waals surface area contributed by atoms with Crippen LogP contribution < -0.4 is 10.1 Å². The number of benzene rings is 1. The smallest absolute Gasteiger partial charge is 0.243 e. The average Bonchev–Trinajstić information content (AvgIpc) is 3.07. The van der Waals surface area contributed by atoms with Crippen molar-refractivity contribution in [2.45, 2.75) is 31.6 Å². The van der Waals surface area contributed by atoms with Gasteiger partial charge in [-0.05, 0) is 37.1 Å². The van der Waals surface area contributed by atoms with E-state index >= 15 is 0 Å². The first kappa shape index (κ1) is 17.7. The van der Waals surface area contributed by atoms with Crippen molar-refractivity contribution in [2.75, 3.05) is 26.2 Å². The summed E-state index contributed by atoms with van der Waals surface area (Å²) in [6, 6.07) is 6.42. The van der Waals surface area contributed by atoms with Crippen LogP contribution >= 0.6 is 0 Å². The van der Waals surface area contributed by atoms with Crippen LogP contribution in [0.5, 0.6) is 5.75 Å². The van der Waals surface area contributed by atoms with Gasteiger partial charge in [0.2, 0.25) is 15.9 Å². The van der Waals surface area contributed by atoms with Crippen LogP contribution in [0.1, 0.15) is 26.7 Å². The molecule has 1 N–H and O–H groups in total. The van der Waals surface area contributed by atoms with Crippen LogP contribution in [0.4, 0.5) is 0 Å². The molecule has 1 amide bonds. The number of nitrogens with one attached hydrogen (secondary N) is 1. The zero-order chi connectivity index (χ0) is 16.9. The molecular formula is C16H24N2O4S. The first-order chi connectivity index (χ1) is 10.9. The number of ether oxygens (including phenoxy) is 1. The van der Waals surface area contributed by atoms with Crippen LogP contribution in [0, 0.1) is 5.92 Å².